The average molecular weight is 537 g/mol. The lowest BCUT2D eigenvalue weighted by Crippen LogP contribution is -2.57. The second-order valence-corrected chi connectivity index (χ2v) is 10.3. The van der Waals surface area contributed by atoms with E-state index in [0.717, 1.165) is 16.9 Å². The van der Waals surface area contributed by atoms with Crippen LogP contribution in [0.5, 0.6) is 0 Å². The zero-order valence-electron chi connectivity index (χ0n) is 20.2. The van der Waals surface area contributed by atoms with Gasteiger partial charge in [0.05, 0.1) is 11.4 Å². The molecule has 7 nitrogen and oxygen atoms in total. The predicted molar refractivity (Wildman–Crippen MR) is 145 cm³/mol. The molecule has 37 heavy (non-hydrogen) atoms. The van der Waals surface area contributed by atoms with Gasteiger partial charge in [-0.05, 0) is 60.9 Å². The van der Waals surface area contributed by atoms with Gasteiger partial charge in [0.1, 0.15) is 11.6 Å². The third-order valence-electron chi connectivity index (χ3n) is 6.79. The Balaban J connectivity index is 1.38. The standard InChI is InChI=1S/C28H26Cl2N4O3/c1-33-23-9-5-6-10-24(23)34(16-18-13-20(29)15-21(30)14-18)17-22(26(33)36)31-27(37)28(11-12-28)32-25(35)19-7-3-2-4-8-19/h2-10,13-15,22H,11-12,16-17H2,1H3,(H,31,37)(H,32,35)/t22-/m1/s1. The van der Waals surface area contributed by atoms with E-state index in [0.29, 0.717) is 35.0 Å². The third kappa shape index (κ3) is 5.29. The molecule has 0 saturated heterocycles. The van der Waals surface area contributed by atoms with Gasteiger partial charge < -0.3 is 20.4 Å². The van der Waals surface area contributed by atoms with Crippen molar-refractivity contribution in [2.45, 2.75) is 31.0 Å². The van der Waals surface area contributed by atoms with Crippen LogP contribution in [0.1, 0.15) is 28.8 Å². The van der Waals surface area contributed by atoms with Crippen LogP contribution in [0.3, 0.4) is 0 Å². The van der Waals surface area contributed by atoms with E-state index >= 15 is 0 Å². The van der Waals surface area contributed by atoms with Gasteiger partial charge in [0.2, 0.25) is 5.91 Å². The highest BCUT2D eigenvalue weighted by atomic mass is 35.5. The molecule has 1 aliphatic heterocycles. The Labute approximate surface area is 225 Å². The molecule has 3 aromatic rings. The van der Waals surface area contributed by atoms with Gasteiger partial charge in [-0.3, -0.25) is 14.4 Å². The van der Waals surface area contributed by atoms with Gasteiger partial charge in [0, 0.05) is 35.7 Å². The van der Waals surface area contributed by atoms with Crippen molar-refractivity contribution in [3.8, 4) is 0 Å². The van der Waals surface area contributed by atoms with Gasteiger partial charge >= 0.3 is 0 Å². The number of rotatable bonds is 6. The highest BCUT2D eigenvalue weighted by Gasteiger charge is 2.52. The zero-order valence-corrected chi connectivity index (χ0v) is 21.7. The van der Waals surface area contributed by atoms with Crippen LogP contribution in [-0.4, -0.2) is 42.9 Å². The Morgan fingerprint density at radius 3 is 2.22 bits per heavy atom. The van der Waals surface area contributed by atoms with E-state index in [4.69, 9.17) is 23.2 Å². The number of para-hydroxylation sites is 2. The first-order chi connectivity index (χ1) is 17.8. The van der Waals surface area contributed by atoms with Crippen LogP contribution in [0.4, 0.5) is 11.4 Å². The topological polar surface area (TPSA) is 81.8 Å². The monoisotopic (exact) mass is 536 g/mol. The van der Waals surface area contributed by atoms with Crippen molar-refractivity contribution in [1.82, 2.24) is 10.6 Å². The number of carbonyl (C=O) groups excluding carboxylic acids is 3. The molecule has 3 amide bonds. The van der Waals surface area contributed by atoms with Crippen molar-refractivity contribution < 1.29 is 14.4 Å². The Hall–Kier alpha value is -3.55. The Morgan fingerprint density at radius 1 is 0.946 bits per heavy atom. The number of amides is 3. The van der Waals surface area contributed by atoms with Gasteiger partial charge in [-0.15, -0.1) is 0 Å². The maximum absolute atomic E-state index is 13.5. The molecule has 0 radical (unpaired) electrons. The van der Waals surface area contributed by atoms with E-state index < -0.39 is 11.6 Å². The number of hydrogen-bond acceptors (Lipinski definition) is 4. The fourth-order valence-electron chi connectivity index (χ4n) is 4.65. The van der Waals surface area contributed by atoms with Crippen molar-refractivity contribution in [2.75, 3.05) is 23.4 Å². The molecule has 190 valence electrons. The molecule has 0 unspecified atom stereocenters. The lowest BCUT2D eigenvalue weighted by molar-refractivity contribution is -0.129. The maximum atomic E-state index is 13.5. The zero-order chi connectivity index (χ0) is 26.2. The second kappa shape index (κ2) is 10.1. The number of benzene rings is 3. The highest BCUT2D eigenvalue weighted by Crippen LogP contribution is 2.37. The first-order valence-corrected chi connectivity index (χ1v) is 12.8. The highest BCUT2D eigenvalue weighted by molar-refractivity contribution is 6.34. The van der Waals surface area contributed by atoms with Crippen molar-refractivity contribution in [3.63, 3.8) is 0 Å². The average Bonchev–Trinajstić information content (AvgIpc) is 3.68. The van der Waals surface area contributed by atoms with Crippen LogP contribution >= 0.6 is 23.2 Å². The lowest BCUT2D eigenvalue weighted by Gasteiger charge is -2.28. The summed E-state index contributed by atoms with van der Waals surface area (Å²) in [5, 5.41) is 6.85. The Kier molecular flexibility index (Phi) is 6.84. The lowest BCUT2D eigenvalue weighted by atomic mass is 10.1. The van der Waals surface area contributed by atoms with E-state index in [9.17, 15) is 14.4 Å². The Morgan fingerprint density at radius 2 is 1.57 bits per heavy atom. The van der Waals surface area contributed by atoms with E-state index in [-0.39, 0.29) is 24.3 Å². The maximum Gasteiger partial charge on any atom is 0.252 e. The summed E-state index contributed by atoms with van der Waals surface area (Å²) >= 11 is 12.5. The van der Waals surface area contributed by atoms with Crippen LogP contribution in [0.2, 0.25) is 10.0 Å². The third-order valence-corrected chi connectivity index (χ3v) is 7.23. The number of nitrogens with zero attached hydrogens (tertiary/aromatic N) is 2. The molecule has 0 spiro atoms. The molecule has 9 heteroatoms. The summed E-state index contributed by atoms with van der Waals surface area (Å²) in [5.41, 5.74) is 1.92. The number of nitrogens with one attached hydrogen (secondary N) is 2. The van der Waals surface area contributed by atoms with Gasteiger partial charge in [-0.25, -0.2) is 0 Å². The summed E-state index contributed by atoms with van der Waals surface area (Å²) in [6.45, 7) is 0.666. The summed E-state index contributed by atoms with van der Waals surface area (Å²) in [6.07, 6.45) is 1.03. The summed E-state index contributed by atoms with van der Waals surface area (Å²) in [7, 11) is 1.70. The first-order valence-electron chi connectivity index (χ1n) is 12.0. The van der Waals surface area contributed by atoms with Gasteiger partial charge in [-0.1, -0.05) is 53.5 Å². The molecule has 0 aromatic heterocycles. The quantitative estimate of drug-likeness (QED) is 0.488. The van der Waals surface area contributed by atoms with Crippen molar-refractivity contribution in [3.05, 3.63) is 94.0 Å². The molecule has 0 bridgehead atoms. The number of hydrogen-bond donors (Lipinski definition) is 2. The van der Waals surface area contributed by atoms with Crippen LogP contribution in [0.25, 0.3) is 0 Å². The normalized spacial score (nSPS) is 18.0. The van der Waals surface area contributed by atoms with Crippen LogP contribution < -0.4 is 20.4 Å². The Bertz CT molecular complexity index is 1340. The molecular weight excluding hydrogens is 511 g/mol. The SMILES string of the molecule is CN1C(=O)[C@H](NC(=O)C2(NC(=O)c3ccccc3)CC2)CN(Cc2cc(Cl)cc(Cl)c2)c2ccccc21. The van der Waals surface area contributed by atoms with E-state index in [1.807, 2.05) is 47.4 Å². The summed E-state index contributed by atoms with van der Waals surface area (Å²) in [4.78, 5) is 43.2. The molecule has 2 aliphatic rings. The second-order valence-electron chi connectivity index (χ2n) is 9.47. The van der Waals surface area contributed by atoms with Gasteiger partial charge in [-0.2, -0.15) is 0 Å². The van der Waals surface area contributed by atoms with E-state index in [1.165, 1.54) is 0 Å². The molecule has 3 aromatic carbocycles. The van der Waals surface area contributed by atoms with E-state index in [1.54, 1.807) is 42.3 Å². The van der Waals surface area contributed by atoms with E-state index in [2.05, 4.69) is 10.6 Å². The first kappa shape index (κ1) is 25.1. The molecule has 1 saturated carbocycles. The number of fused-ring (bicyclic) bond motifs is 1. The summed E-state index contributed by atoms with van der Waals surface area (Å²) in [6, 6.07) is 20.9. The molecule has 1 aliphatic carbocycles. The van der Waals surface area contributed by atoms with Crippen LogP contribution in [-0.2, 0) is 16.1 Å². The smallest absolute Gasteiger partial charge is 0.252 e. The minimum absolute atomic E-state index is 0.235. The van der Waals surface area contributed by atoms with Crippen LogP contribution in [0, 0.1) is 0 Å². The molecule has 2 N–H and O–H groups in total. The van der Waals surface area contributed by atoms with Crippen molar-refractivity contribution >= 4 is 52.3 Å². The number of likely N-dealkylation sites (N-methyl/N-ethyl adjacent to an activating group) is 1. The van der Waals surface area contributed by atoms with Gasteiger partial charge in [0.25, 0.3) is 11.8 Å². The molecule has 5 rings (SSSR count). The van der Waals surface area contributed by atoms with Crippen molar-refractivity contribution in [2.24, 2.45) is 0 Å². The fraction of sp³-hybridized carbons (Fsp3) is 0.250. The predicted octanol–water partition coefficient (Wildman–Crippen LogP) is 4.42. The van der Waals surface area contributed by atoms with Gasteiger partial charge in [0.15, 0.2) is 0 Å². The minimum atomic E-state index is -1.02. The molecule has 1 heterocycles. The number of halogens is 2. The molecule has 1 fully saturated rings. The fourth-order valence-corrected chi connectivity index (χ4v) is 5.22. The molecule has 1 atom stereocenters. The van der Waals surface area contributed by atoms with Crippen molar-refractivity contribution in [1.29, 1.82) is 0 Å². The number of anilines is 2. The minimum Gasteiger partial charge on any atom is -0.363 e. The summed E-state index contributed by atoms with van der Waals surface area (Å²) < 4.78 is 0. The number of carbonyl (C=O) groups is 3. The largest absolute Gasteiger partial charge is 0.363 e. The molecular formula is C28H26Cl2N4O3. The van der Waals surface area contributed by atoms with Crippen LogP contribution in [0.15, 0.2) is 72.8 Å². The summed E-state index contributed by atoms with van der Waals surface area (Å²) in [5.74, 6) is -0.915.